The van der Waals surface area contributed by atoms with Gasteiger partial charge in [0.2, 0.25) is 0 Å². The average Bonchev–Trinajstić information content (AvgIpc) is 3.59. The lowest BCUT2D eigenvalue weighted by atomic mass is 9.83. The molecule has 0 aliphatic heterocycles. The highest BCUT2D eigenvalue weighted by Gasteiger charge is 2.33. The van der Waals surface area contributed by atoms with Crippen LogP contribution in [0.2, 0.25) is 0 Å². The van der Waals surface area contributed by atoms with E-state index >= 15 is 0 Å². The van der Waals surface area contributed by atoms with Crippen molar-refractivity contribution in [2.24, 2.45) is 0 Å². The van der Waals surface area contributed by atoms with E-state index in [1.54, 1.807) is 0 Å². The van der Waals surface area contributed by atoms with Gasteiger partial charge in [-0.3, -0.25) is 0 Å². The van der Waals surface area contributed by atoms with Gasteiger partial charge < -0.3 is 9.13 Å². The van der Waals surface area contributed by atoms with Crippen LogP contribution < -0.4 is 0 Å². The summed E-state index contributed by atoms with van der Waals surface area (Å²) in [5, 5.41) is 47.3. The first-order valence-corrected chi connectivity index (χ1v) is 27.0. The first-order chi connectivity index (χ1) is 40.5. The van der Waals surface area contributed by atoms with E-state index in [9.17, 15) is 21.0 Å². The van der Waals surface area contributed by atoms with Gasteiger partial charge in [-0.05, 0) is 146 Å². The van der Waals surface area contributed by atoms with Crippen molar-refractivity contribution in [2.45, 2.75) is 0 Å². The van der Waals surface area contributed by atoms with Crippen LogP contribution in [0.1, 0.15) is 22.3 Å². The van der Waals surface area contributed by atoms with Crippen molar-refractivity contribution >= 4 is 43.6 Å². The van der Waals surface area contributed by atoms with E-state index < -0.39 is 0 Å². The summed E-state index contributed by atoms with van der Waals surface area (Å²) in [6.45, 7) is 0. The van der Waals surface area contributed by atoms with Crippen LogP contribution in [0.3, 0.4) is 0 Å². The molecule has 0 aliphatic rings. The third kappa shape index (κ3) is 8.17. The minimum absolute atomic E-state index is 0.394. The Morgan fingerprint density at radius 2 is 0.463 bits per heavy atom. The minimum atomic E-state index is 0.394. The second-order valence-corrected chi connectivity index (χ2v) is 20.4. The van der Waals surface area contributed by atoms with Crippen molar-refractivity contribution in [2.75, 3.05) is 0 Å². The van der Waals surface area contributed by atoms with Crippen LogP contribution in [0.15, 0.2) is 267 Å². The van der Waals surface area contributed by atoms with Gasteiger partial charge in [0.15, 0.2) is 0 Å². The highest BCUT2D eigenvalue weighted by molar-refractivity contribution is 6.17. The molecule has 0 N–H and O–H groups in total. The molecule has 12 aromatic carbocycles. The fraction of sp³-hybridized carbons (Fsp3) is 0. The van der Waals surface area contributed by atoms with Crippen molar-refractivity contribution in [1.82, 2.24) is 9.13 Å². The van der Waals surface area contributed by atoms with Gasteiger partial charge in [0.1, 0.15) is 6.07 Å². The maximum atomic E-state index is 12.4. The molecule has 0 saturated heterocycles. The van der Waals surface area contributed by atoms with Crippen molar-refractivity contribution in [3.8, 4) is 114 Å². The number of rotatable bonds is 9. The normalized spacial score (nSPS) is 11.1. The lowest BCUT2D eigenvalue weighted by molar-refractivity contribution is 1.13. The minimum Gasteiger partial charge on any atom is -0.308 e. The molecule has 2 aromatic heterocycles. The molecule has 0 aliphatic carbocycles. The van der Waals surface area contributed by atoms with E-state index in [2.05, 4.69) is 203 Å². The third-order valence-electron chi connectivity index (χ3n) is 15.9. The molecule has 14 rings (SSSR count). The Kier molecular flexibility index (Phi) is 12.0. The number of nitriles is 4. The van der Waals surface area contributed by atoms with Crippen LogP contribution in [0.25, 0.3) is 133 Å². The number of hydrogen-bond donors (Lipinski definition) is 0. The van der Waals surface area contributed by atoms with Crippen molar-refractivity contribution in [3.63, 3.8) is 0 Å². The number of hydrogen-bond acceptors (Lipinski definition) is 4. The summed E-state index contributed by atoms with van der Waals surface area (Å²) in [6.07, 6.45) is 0. The maximum absolute atomic E-state index is 12.4. The van der Waals surface area contributed by atoms with Gasteiger partial charge in [-0.25, -0.2) is 0 Å². The zero-order valence-electron chi connectivity index (χ0n) is 44.1. The molecule has 0 spiro atoms. The summed E-state index contributed by atoms with van der Waals surface area (Å²) in [7, 11) is 0. The van der Waals surface area contributed by atoms with Crippen LogP contribution in [0, 0.1) is 45.3 Å². The molecule has 0 atom stereocenters. The highest BCUT2D eigenvalue weighted by atomic mass is 15.0. The Morgan fingerprint density at radius 1 is 0.220 bits per heavy atom. The summed E-state index contributed by atoms with van der Waals surface area (Å²) in [5.41, 5.74) is 19.8. The first kappa shape index (κ1) is 48.6. The van der Waals surface area contributed by atoms with Gasteiger partial charge in [-0.15, -0.1) is 0 Å². The summed E-state index contributed by atoms with van der Waals surface area (Å²) >= 11 is 0. The molecule has 14 aromatic rings. The van der Waals surface area contributed by atoms with Crippen molar-refractivity contribution in [3.05, 3.63) is 289 Å². The van der Waals surface area contributed by atoms with Gasteiger partial charge in [0.05, 0.1) is 73.9 Å². The van der Waals surface area contributed by atoms with Crippen LogP contribution >= 0.6 is 0 Å². The van der Waals surface area contributed by atoms with E-state index in [-0.39, 0.29) is 0 Å². The number of fused-ring (bicyclic) bond motifs is 6. The van der Waals surface area contributed by atoms with Crippen LogP contribution in [-0.4, -0.2) is 9.13 Å². The lowest BCUT2D eigenvalue weighted by Crippen LogP contribution is -2.11. The van der Waals surface area contributed by atoms with Crippen LogP contribution in [-0.2, 0) is 0 Å². The molecule has 378 valence electrons. The maximum Gasteiger partial charge on any atom is 0.101 e. The smallest absolute Gasteiger partial charge is 0.101 e. The zero-order chi connectivity index (χ0) is 55.3. The molecule has 0 unspecified atom stereocenters. The average molecular weight is 1040 g/mol. The third-order valence-corrected chi connectivity index (χ3v) is 15.9. The van der Waals surface area contributed by atoms with E-state index in [1.165, 1.54) is 0 Å². The second kappa shape index (κ2) is 20.2. The summed E-state index contributed by atoms with van der Waals surface area (Å²) < 4.78 is 4.66. The largest absolute Gasteiger partial charge is 0.308 e. The SMILES string of the molecule is N#Cc1ccc(-c2c(C#N)c(-c3ccc(C#N)cc3)c(-n3c4ccc(-c5ccccc5)cc4c4cc(-c5ccccc5)ccc43)c(-c3ccc(C#N)cc3)c2-n2c3ccc(-c4ccccc4)cc3c3cc(-c4ccccc4)ccc32)cc1. The Hall–Kier alpha value is -11.8. The molecule has 2 heterocycles. The monoisotopic (exact) mass is 1040 g/mol. The van der Waals surface area contributed by atoms with Gasteiger partial charge in [0, 0.05) is 38.2 Å². The van der Waals surface area contributed by atoms with Crippen molar-refractivity contribution in [1.29, 1.82) is 21.0 Å². The number of aromatic nitrogens is 2. The molecule has 0 amide bonds. The molecule has 0 saturated carbocycles. The Balaban J connectivity index is 1.23. The summed E-state index contributed by atoms with van der Waals surface area (Å²) in [6, 6.07) is 101. The molecule has 0 bridgehead atoms. The molecule has 0 fully saturated rings. The van der Waals surface area contributed by atoms with Gasteiger partial charge in [0.25, 0.3) is 0 Å². The number of benzene rings is 12. The van der Waals surface area contributed by atoms with Gasteiger partial charge >= 0.3 is 0 Å². The number of nitrogens with zero attached hydrogens (tertiary/aromatic N) is 6. The molecule has 82 heavy (non-hydrogen) atoms. The molecule has 6 nitrogen and oxygen atoms in total. The summed E-state index contributed by atoms with van der Waals surface area (Å²) in [4.78, 5) is 0. The van der Waals surface area contributed by atoms with E-state index in [0.717, 1.165) is 122 Å². The van der Waals surface area contributed by atoms with Crippen molar-refractivity contribution < 1.29 is 0 Å². The van der Waals surface area contributed by atoms with E-state index in [0.29, 0.717) is 33.4 Å². The van der Waals surface area contributed by atoms with Crippen LogP contribution in [0.4, 0.5) is 0 Å². The Morgan fingerprint density at radius 3 is 0.707 bits per heavy atom. The van der Waals surface area contributed by atoms with Gasteiger partial charge in [-0.2, -0.15) is 21.0 Å². The fourth-order valence-corrected chi connectivity index (χ4v) is 12.0. The molecular formula is C76H44N6. The predicted octanol–water partition coefficient (Wildman–Crippen LogP) is 19.0. The van der Waals surface area contributed by atoms with Gasteiger partial charge in [-0.1, -0.05) is 182 Å². The predicted molar refractivity (Wildman–Crippen MR) is 332 cm³/mol. The van der Waals surface area contributed by atoms with Crippen LogP contribution in [0.5, 0.6) is 0 Å². The lowest BCUT2D eigenvalue weighted by Gasteiger charge is -2.28. The topological polar surface area (TPSA) is 105 Å². The second-order valence-electron chi connectivity index (χ2n) is 20.4. The quantitative estimate of drug-likeness (QED) is 0.144. The Labute approximate surface area is 474 Å². The highest BCUT2D eigenvalue weighted by Crippen LogP contribution is 2.53. The summed E-state index contributed by atoms with van der Waals surface area (Å²) in [5.74, 6) is 0. The van der Waals surface area contributed by atoms with E-state index in [1.807, 2.05) is 97.1 Å². The molecule has 0 radical (unpaired) electrons. The molecule has 6 heteroatoms. The zero-order valence-corrected chi connectivity index (χ0v) is 44.1. The Bertz CT molecular complexity index is 4530. The molecular weight excluding hydrogens is 997 g/mol. The first-order valence-electron chi connectivity index (χ1n) is 27.0. The fourth-order valence-electron chi connectivity index (χ4n) is 12.0. The standard InChI is InChI=1S/C76H44N6/c77-45-49-21-27-56(28-22-49)72-67(48-80)73(57-29-23-50(46-78)24-30-57)76(82-70-39-35-61(54-17-9-3-10-18-54)43-65(70)66-44-62(36-40-71(66)82)55-19-11-4-12-20-55)74(58-31-25-51(47-79)26-32-58)75(72)81-68-37-33-59(52-13-5-1-6-14-52)41-63(68)64-42-60(34-38-69(64)81)53-15-7-2-8-16-53/h1-44H. The van der Waals surface area contributed by atoms with E-state index in [4.69, 9.17) is 0 Å².